The molecule has 0 unspecified atom stereocenters. The summed E-state index contributed by atoms with van der Waals surface area (Å²) in [5.74, 6) is -1.09. The molecule has 0 bridgehead atoms. The Hall–Kier alpha value is -3.84. The third-order valence-corrected chi connectivity index (χ3v) is 6.53. The number of ether oxygens (including phenoxy) is 1. The van der Waals surface area contributed by atoms with Gasteiger partial charge in [0.2, 0.25) is 0 Å². The summed E-state index contributed by atoms with van der Waals surface area (Å²) in [6.45, 7) is 0. The average molecular weight is 442 g/mol. The van der Waals surface area contributed by atoms with Crippen molar-refractivity contribution in [2.45, 2.75) is 36.9 Å². The third-order valence-electron chi connectivity index (χ3n) is 6.53. The molecule has 3 aromatic rings. The fourth-order valence-corrected chi connectivity index (χ4v) is 4.59. The zero-order chi connectivity index (χ0) is 23.1. The van der Waals surface area contributed by atoms with Gasteiger partial charge in [-0.25, -0.2) is 9.78 Å². The number of carbonyl (C=O) groups excluding carboxylic acids is 3. The molecule has 2 N–H and O–H groups in total. The third kappa shape index (κ3) is 3.70. The predicted molar refractivity (Wildman–Crippen MR) is 120 cm³/mol. The maximum absolute atomic E-state index is 12.9. The minimum atomic E-state index is -1.58. The lowest BCUT2D eigenvalue weighted by Crippen LogP contribution is -2.49. The molecule has 1 fully saturated rings. The van der Waals surface area contributed by atoms with Crippen molar-refractivity contribution in [1.29, 1.82) is 0 Å². The Kier molecular flexibility index (Phi) is 5.06. The van der Waals surface area contributed by atoms with Gasteiger partial charge >= 0.3 is 5.97 Å². The van der Waals surface area contributed by atoms with Gasteiger partial charge in [-0.05, 0) is 56.0 Å². The highest BCUT2D eigenvalue weighted by Gasteiger charge is 2.53. The van der Waals surface area contributed by atoms with Crippen molar-refractivity contribution in [2.75, 3.05) is 5.32 Å². The van der Waals surface area contributed by atoms with E-state index in [1.54, 1.807) is 60.8 Å². The smallest absolute Gasteiger partial charge is 0.358 e. The zero-order valence-electron chi connectivity index (χ0n) is 17.8. The molecule has 2 aromatic carbocycles. The highest BCUT2D eigenvalue weighted by atomic mass is 16.6. The summed E-state index contributed by atoms with van der Waals surface area (Å²) in [6, 6.07) is 19.1. The molecular weight excluding hydrogens is 420 g/mol. The molecule has 7 nitrogen and oxygen atoms in total. The highest BCUT2D eigenvalue weighted by Crippen LogP contribution is 2.48. The van der Waals surface area contributed by atoms with Gasteiger partial charge in [0.25, 0.3) is 5.91 Å². The second kappa shape index (κ2) is 7.94. The lowest BCUT2D eigenvalue weighted by molar-refractivity contribution is -0.144. The van der Waals surface area contributed by atoms with E-state index in [4.69, 9.17) is 4.74 Å². The van der Waals surface area contributed by atoms with E-state index >= 15 is 0 Å². The number of pyridine rings is 1. The van der Waals surface area contributed by atoms with Gasteiger partial charge in [0.05, 0.1) is 0 Å². The summed E-state index contributed by atoms with van der Waals surface area (Å²) < 4.78 is 5.65. The summed E-state index contributed by atoms with van der Waals surface area (Å²) in [4.78, 5) is 41.7. The first-order valence-electron chi connectivity index (χ1n) is 10.8. The van der Waals surface area contributed by atoms with Crippen molar-refractivity contribution in [3.63, 3.8) is 0 Å². The predicted octanol–water partition coefficient (Wildman–Crippen LogP) is 3.62. The first-order valence-corrected chi connectivity index (χ1v) is 10.8. The lowest BCUT2D eigenvalue weighted by atomic mass is 9.73. The van der Waals surface area contributed by atoms with Crippen LogP contribution in [0.15, 0.2) is 72.9 Å². The number of anilines is 1. The van der Waals surface area contributed by atoms with Crippen LogP contribution in [-0.4, -0.2) is 33.4 Å². The second-order valence-electron chi connectivity index (χ2n) is 8.54. The Morgan fingerprint density at radius 2 is 1.55 bits per heavy atom. The van der Waals surface area contributed by atoms with Crippen molar-refractivity contribution < 1.29 is 24.2 Å². The van der Waals surface area contributed by atoms with Crippen LogP contribution in [-0.2, 0) is 15.1 Å². The molecule has 1 spiro atoms. The quantitative estimate of drug-likeness (QED) is 0.472. The minimum Gasteiger partial charge on any atom is -0.449 e. The number of aliphatic hydroxyl groups is 1. The zero-order valence-corrected chi connectivity index (χ0v) is 17.8. The van der Waals surface area contributed by atoms with Crippen LogP contribution in [0.4, 0.5) is 5.69 Å². The number of hydrogen-bond donors (Lipinski definition) is 2. The van der Waals surface area contributed by atoms with E-state index in [2.05, 4.69) is 10.3 Å². The van der Waals surface area contributed by atoms with Gasteiger partial charge in [0, 0.05) is 28.6 Å². The number of carbonyl (C=O) groups is 3. The Labute approximate surface area is 190 Å². The van der Waals surface area contributed by atoms with Gasteiger partial charge in [-0.1, -0.05) is 36.4 Å². The van der Waals surface area contributed by atoms with E-state index in [0.717, 1.165) is 5.56 Å². The molecule has 1 amide bonds. The number of benzene rings is 2. The van der Waals surface area contributed by atoms with Crippen molar-refractivity contribution >= 4 is 23.3 Å². The first kappa shape index (κ1) is 21.0. The normalized spacial score (nSPS) is 23.6. The molecule has 166 valence electrons. The van der Waals surface area contributed by atoms with Crippen LogP contribution in [0.1, 0.15) is 57.7 Å². The van der Waals surface area contributed by atoms with Crippen molar-refractivity contribution in [1.82, 2.24) is 4.98 Å². The minimum absolute atomic E-state index is 0.106. The van der Waals surface area contributed by atoms with Crippen molar-refractivity contribution in [3.8, 4) is 0 Å². The van der Waals surface area contributed by atoms with E-state index in [0.29, 0.717) is 35.3 Å². The lowest BCUT2D eigenvalue weighted by Gasteiger charge is -2.40. The number of fused-ring (bicyclic) bond motifs is 2. The van der Waals surface area contributed by atoms with E-state index in [1.165, 1.54) is 0 Å². The Balaban J connectivity index is 1.26. The second-order valence-corrected chi connectivity index (χ2v) is 8.54. The molecule has 5 rings (SSSR count). The maximum Gasteiger partial charge on any atom is 0.358 e. The van der Waals surface area contributed by atoms with E-state index in [9.17, 15) is 19.5 Å². The van der Waals surface area contributed by atoms with Crippen LogP contribution in [0.2, 0.25) is 0 Å². The van der Waals surface area contributed by atoms with Crippen LogP contribution in [0.3, 0.4) is 0 Å². The monoisotopic (exact) mass is 442 g/mol. The number of hydrogen-bond acceptors (Lipinski definition) is 6. The number of esters is 1. The molecule has 1 aromatic heterocycles. The highest BCUT2D eigenvalue weighted by molar-refractivity contribution is 6.09. The summed E-state index contributed by atoms with van der Waals surface area (Å²) >= 11 is 0. The van der Waals surface area contributed by atoms with Crippen LogP contribution in [0.25, 0.3) is 0 Å². The maximum atomic E-state index is 12.9. The SMILES string of the molecule is O=C(c1ccccc1)c1ccc(NC(=O)C2(O)CCC3(CC2)OC(=O)c2ncccc23)cc1. The fourth-order valence-electron chi connectivity index (χ4n) is 4.59. The fraction of sp³-hybridized carbons (Fsp3) is 0.231. The van der Waals surface area contributed by atoms with Gasteiger partial charge in [0.1, 0.15) is 11.2 Å². The molecule has 1 saturated carbocycles. The van der Waals surface area contributed by atoms with Gasteiger partial charge in [-0.3, -0.25) is 9.59 Å². The standard InChI is InChI=1S/C26H22N2O5/c29-22(17-5-2-1-3-6-17)18-8-10-19(11-9-18)28-24(31)25(32)12-14-26(15-13-25)20-7-4-16-27-21(20)23(30)33-26/h1-11,16,32H,12-15H2,(H,28,31). The summed E-state index contributed by atoms with van der Waals surface area (Å²) in [5.41, 5.74) is 0.180. The molecule has 0 radical (unpaired) electrons. The molecule has 2 heterocycles. The summed E-state index contributed by atoms with van der Waals surface area (Å²) in [6.07, 6.45) is 2.48. The molecule has 0 saturated heterocycles. The van der Waals surface area contributed by atoms with Gasteiger partial charge in [0.15, 0.2) is 11.5 Å². The Morgan fingerprint density at radius 3 is 2.24 bits per heavy atom. The molecule has 0 atom stereocenters. The van der Waals surface area contributed by atoms with Crippen LogP contribution < -0.4 is 5.32 Å². The Bertz CT molecular complexity index is 1230. The van der Waals surface area contributed by atoms with Crippen LogP contribution in [0.5, 0.6) is 0 Å². The molecule has 2 aliphatic rings. The number of ketones is 1. The summed E-state index contributed by atoms with van der Waals surface area (Å²) in [5, 5.41) is 13.8. The average Bonchev–Trinajstić information content (AvgIpc) is 3.13. The number of aromatic nitrogens is 1. The van der Waals surface area contributed by atoms with Gasteiger partial charge in [-0.15, -0.1) is 0 Å². The van der Waals surface area contributed by atoms with Crippen LogP contribution >= 0.6 is 0 Å². The topological polar surface area (TPSA) is 106 Å². The van der Waals surface area contributed by atoms with Gasteiger partial charge in [-0.2, -0.15) is 0 Å². The largest absolute Gasteiger partial charge is 0.449 e. The van der Waals surface area contributed by atoms with Gasteiger partial charge < -0.3 is 15.2 Å². The molecular formula is C26H22N2O5. The van der Waals surface area contributed by atoms with Crippen molar-refractivity contribution in [2.24, 2.45) is 0 Å². The number of rotatable bonds is 4. The Morgan fingerprint density at radius 1 is 0.879 bits per heavy atom. The van der Waals surface area contributed by atoms with E-state index in [1.807, 2.05) is 12.1 Å². The molecule has 7 heteroatoms. The first-order chi connectivity index (χ1) is 15.9. The molecule has 33 heavy (non-hydrogen) atoms. The van der Waals surface area contributed by atoms with E-state index < -0.39 is 23.1 Å². The van der Waals surface area contributed by atoms with Crippen molar-refractivity contribution in [3.05, 3.63) is 95.3 Å². The number of amides is 1. The van der Waals surface area contributed by atoms with Crippen LogP contribution in [0, 0.1) is 0 Å². The molecule has 1 aliphatic carbocycles. The number of nitrogens with zero attached hydrogens (tertiary/aromatic N) is 1. The number of nitrogens with one attached hydrogen (secondary N) is 1. The van der Waals surface area contributed by atoms with E-state index in [-0.39, 0.29) is 18.6 Å². The molecule has 1 aliphatic heterocycles. The summed E-state index contributed by atoms with van der Waals surface area (Å²) in [7, 11) is 0.